The topological polar surface area (TPSA) is 18.5 Å². The molecule has 0 amide bonds. The van der Waals surface area contributed by atoms with E-state index in [0.717, 1.165) is 13.4 Å². The highest BCUT2D eigenvalue weighted by Crippen LogP contribution is 2.02. The van der Waals surface area contributed by atoms with Crippen molar-refractivity contribution in [2.45, 2.75) is 18.8 Å². The summed E-state index contributed by atoms with van der Waals surface area (Å²) in [4.78, 5) is 0. The van der Waals surface area contributed by atoms with E-state index in [1.54, 1.807) is 14.2 Å². The molecule has 0 bridgehead atoms. The molecule has 0 unspecified atom stereocenters. The van der Waals surface area contributed by atoms with Gasteiger partial charge in [-0.1, -0.05) is 0 Å². The first-order chi connectivity index (χ1) is 4.35. The molecule has 0 aromatic carbocycles. The number of methoxy groups -OCH3 is 2. The third-order valence-electron chi connectivity index (χ3n) is 1.00. The summed E-state index contributed by atoms with van der Waals surface area (Å²) in [6, 6.07) is 1.19. The molecule has 2 radical (unpaired) electrons. The molecule has 0 aromatic heterocycles. The number of halogens is 1. The largest absolute Gasteiger partial charge is 0.356 e. The molecule has 0 aromatic rings. The maximum atomic E-state index is 4.98. The Balaban J connectivity index is 3.09. The van der Waals surface area contributed by atoms with Gasteiger partial charge in [-0.3, -0.25) is 0 Å². The predicted octanol–water partition coefficient (Wildman–Crippen LogP) is 1.47. The van der Waals surface area contributed by atoms with Crippen LogP contribution in [-0.4, -0.2) is 27.5 Å². The highest BCUT2D eigenvalue weighted by atomic mass is 127. The van der Waals surface area contributed by atoms with Crippen LogP contribution in [0.2, 0.25) is 6.04 Å². The maximum Gasteiger partial charge on any atom is 0.156 e. The molecular formula is C5H11IO2Si. The minimum absolute atomic E-state index is 0.00673. The van der Waals surface area contributed by atoms with Gasteiger partial charge in [-0.2, -0.15) is 0 Å². The monoisotopic (exact) mass is 258 g/mol. The molecule has 0 N–H and O–H groups in total. The van der Waals surface area contributed by atoms with Crippen LogP contribution in [0.15, 0.2) is 0 Å². The smallest absolute Gasteiger partial charge is 0.156 e. The molecule has 0 spiro atoms. The second-order valence-corrected chi connectivity index (χ2v) is 4.63. The summed E-state index contributed by atoms with van der Waals surface area (Å²) in [5, 5.41) is 0. The number of rotatable bonds is 5. The maximum absolute atomic E-state index is 4.98. The van der Waals surface area contributed by atoms with Gasteiger partial charge >= 0.3 is 0 Å². The predicted molar refractivity (Wildman–Crippen MR) is 47.0 cm³/mol. The minimum Gasteiger partial charge on any atom is -0.356 e. The van der Waals surface area contributed by atoms with Gasteiger partial charge in [-0.05, 0) is 12.5 Å². The van der Waals surface area contributed by atoms with Crippen molar-refractivity contribution >= 4 is 28.8 Å². The number of hydrogen-bond acceptors (Lipinski definition) is 2. The summed E-state index contributed by atoms with van der Waals surface area (Å²) in [6.07, 6.45) is 1.02. The molecular weight excluding hydrogens is 247 g/mol. The summed E-state index contributed by atoms with van der Waals surface area (Å²) in [6.45, 7) is 0. The van der Waals surface area contributed by atoms with Crippen LogP contribution in [-0.2, 0) is 9.47 Å². The standard InChI is InChI=1S/C5H11IO2Si/c1-7-5(8-2)3-4-9-6/h5H,3-4H2,1-2H3. The van der Waals surface area contributed by atoms with Crippen LogP contribution in [0, 0.1) is 0 Å². The summed E-state index contributed by atoms with van der Waals surface area (Å²) < 4.78 is 9.96. The SMILES string of the molecule is COC(CC[Si]I)OC. The van der Waals surface area contributed by atoms with Gasteiger partial charge in [0.1, 0.15) is 7.02 Å². The summed E-state index contributed by atoms with van der Waals surface area (Å²) in [5.74, 6) is 0. The van der Waals surface area contributed by atoms with Crippen molar-refractivity contribution in [1.29, 1.82) is 0 Å². The lowest BCUT2D eigenvalue weighted by Gasteiger charge is -2.10. The Hall–Kier alpha value is 0.867. The fraction of sp³-hybridized carbons (Fsp3) is 1.00. The van der Waals surface area contributed by atoms with Crippen molar-refractivity contribution in [3.8, 4) is 0 Å². The van der Waals surface area contributed by atoms with Gasteiger partial charge in [0, 0.05) is 14.2 Å². The van der Waals surface area contributed by atoms with Gasteiger partial charge in [-0.15, -0.1) is 21.8 Å². The Labute approximate surface area is 71.3 Å². The van der Waals surface area contributed by atoms with Crippen LogP contribution in [0.25, 0.3) is 0 Å². The van der Waals surface area contributed by atoms with Gasteiger partial charge in [-0.25, -0.2) is 0 Å². The van der Waals surface area contributed by atoms with Crippen molar-refractivity contribution in [2.75, 3.05) is 14.2 Å². The third-order valence-corrected chi connectivity index (χ3v) is 3.10. The molecule has 0 aliphatic rings. The summed E-state index contributed by atoms with van der Waals surface area (Å²) >= 11 is 2.37. The van der Waals surface area contributed by atoms with Crippen LogP contribution < -0.4 is 0 Å². The van der Waals surface area contributed by atoms with Gasteiger partial charge < -0.3 is 9.47 Å². The molecule has 9 heavy (non-hydrogen) atoms. The normalized spacial score (nSPS) is 10.7. The first-order valence-corrected chi connectivity index (χ1v) is 7.06. The molecule has 0 aliphatic carbocycles. The first-order valence-electron chi connectivity index (χ1n) is 2.74. The zero-order chi connectivity index (χ0) is 7.11. The van der Waals surface area contributed by atoms with Crippen LogP contribution in [0.1, 0.15) is 6.42 Å². The van der Waals surface area contributed by atoms with Crippen LogP contribution in [0.5, 0.6) is 0 Å². The molecule has 2 nitrogen and oxygen atoms in total. The van der Waals surface area contributed by atoms with E-state index in [4.69, 9.17) is 9.47 Å². The van der Waals surface area contributed by atoms with E-state index in [1.807, 2.05) is 0 Å². The molecule has 0 heterocycles. The average molecular weight is 258 g/mol. The molecule has 0 atom stereocenters. The van der Waals surface area contributed by atoms with E-state index in [-0.39, 0.29) is 6.29 Å². The number of hydrogen-bond donors (Lipinski definition) is 0. The Kier molecular flexibility index (Phi) is 7.65. The highest BCUT2D eigenvalue weighted by molar-refractivity contribution is 14.1. The molecule has 4 heteroatoms. The molecule has 0 saturated heterocycles. The van der Waals surface area contributed by atoms with Crippen LogP contribution in [0.4, 0.5) is 0 Å². The van der Waals surface area contributed by atoms with Crippen molar-refractivity contribution in [3.63, 3.8) is 0 Å². The molecule has 0 fully saturated rings. The highest BCUT2D eigenvalue weighted by Gasteiger charge is 2.02. The van der Waals surface area contributed by atoms with Crippen molar-refractivity contribution in [1.82, 2.24) is 0 Å². The lowest BCUT2D eigenvalue weighted by Crippen LogP contribution is -2.12. The Morgan fingerprint density at radius 1 is 1.44 bits per heavy atom. The van der Waals surface area contributed by atoms with Crippen LogP contribution >= 0.6 is 21.8 Å². The summed E-state index contributed by atoms with van der Waals surface area (Å²) in [5.41, 5.74) is 0. The van der Waals surface area contributed by atoms with E-state index in [0.29, 0.717) is 0 Å². The second-order valence-electron chi connectivity index (χ2n) is 1.57. The van der Waals surface area contributed by atoms with E-state index >= 15 is 0 Å². The van der Waals surface area contributed by atoms with E-state index in [2.05, 4.69) is 21.8 Å². The number of ether oxygens (including phenoxy) is 2. The summed E-state index contributed by atoms with van der Waals surface area (Å²) in [7, 11) is 4.31. The zero-order valence-electron chi connectivity index (χ0n) is 5.69. The Morgan fingerprint density at radius 3 is 2.33 bits per heavy atom. The second kappa shape index (κ2) is 6.98. The van der Waals surface area contributed by atoms with Gasteiger partial charge in [0.15, 0.2) is 6.29 Å². The van der Waals surface area contributed by atoms with E-state index in [9.17, 15) is 0 Å². The van der Waals surface area contributed by atoms with Gasteiger partial charge in [0.05, 0.1) is 0 Å². The molecule has 0 aliphatic heterocycles. The molecule has 54 valence electrons. The Bertz CT molecular complexity index is 58.9. The minimum atomic E-state index is 0.00673. The fourth-order valence-electron chi connectivity index (χ4n) is 0.504. The average Bonchev–Trinajstić information content (AvgIpc) is 1.91. The van der Waals surface area contributed by atoms with Crippen molar-refractivity contribution in [2.24, 2.45) is 0 Å². The quantitative estimate of drug-likeness (QED) is 0.322. The Morgan fingerprint density at radius 2 is 2.00 bits per heavy atom. The van der Waals surface area contributed by atoms with Crippen molar-refractivity contribution < 1.29 is 9.47 Å². The zero-order valence-corrected chi connectivity index (χ0v) is 8.84. The third kappa shape index (κ3) is 5.32. The fourth-order valence-corrected chi connectivity index (χ4v) is 1.78. The van der Waals surface area contributed by atoms with Crippen molar-refractivity contribution in [3.05, 3.63) is 0 Å². The van der Waals surface area contributed by atoms with Crippen LogP contribution in [0.3, 0.4) is 0 Å². The van der Waals surface area contributed by atoms with Gasteiger partial charge in [0.2, 0.25) is 0 Å². The van der Waals surface area contributed by atoms with Gasteiger partial charge in [0.25, 0.3) is 0 Å². The van der Waals surface area contributed by atoms with E-state index in [1.165, 1.54) is 6.04 Å². The molecule has 0 rings (SSSR count). The first kappa shape index (κ1) is 9.87. The van der Waals surface area contributed by atoms with E-state index < -0.39 is 0 Å². The lowest BCUT2D eigenvalue weighted by atomic mass is 10.5. The lowest BCUT2D eigenvalue weighted by molar-refractivity contribution is -0.103. The molecule has 0 saturated carbocycles.